The highest BCUT2D eigenvalue weighted by atomic mass is 15.3. The quantitative estimate of drug-likeness (QED) is 0.693. The van der Waals surface area contributed by atoms with Crippen molar-refractivity contribution in [1.82, 2.24) is 15.2 Å². The molecular weight excluding hydrogens is 310 g/mol. The van der Waals surface area contributed by atoms with Crippen molar-refractivity contribution in [2.45, 2.75) is 51.9 Å². The topological polar surface area (TPSA) is 62.7 Å². The van der Waals surface area contributed by atoms with Gasteiger partial charge >= 0.3 is 0 Å². The van der Waals surface area contributed by atoms with Gasteiger partial charge in [0.15, 0.2) is 5.82 Å². The molecule has 0 bridgehead atoms. The van der Waals surface area contributed by atoms with Gasteiger partial charge in [0.25, 0.3) is 0 Å². The maximum Gasteiger partial charge on any atom is 0.244 e. The van der Waals surface area contributed by atoms with E-state index in [1.165, 1.54) is 31.2 Å². The van der Waals surface area contributed by atoms with Crippen molar-refractivity contribution in [2.75, 3.05) is 17.2 Å². The molecule has 0 atom stereocenters. The molecule has 5 nitrogen and oxygen atoms in total. The van der Waals surface area contributed by atoms with Crippen molar-refractivity contribution in [3.63, 3.8) is 0 Å². The lowest BCUT2D eigenvalue weighted by Gasteiger charge is -2.13. The predicted molar refractivity (Wildman–Crippen MR) is 103 cm³/mol. The molecule has 0 aliphatic heterocycles. The summed E-state index contributed by atoms with van der Waals surface area (Å²) in [7, 11) is 0. The molecule has 0 spiro atoms. The Hall–Kier alpha value is -2.43. The van der Waals surface area contributed by atoms with Crippen LogP contribution in [0, 0.1) is 0 Å². The first-order valence-corrected chi connectivity index (χ1v) is 9.19. The molecule has 132 valence electrons. The molecule has 1 aromatic carbocycles. The molecule has 25 heavy (non-hydrogen) atoms. The number of aromatic nitrogens is 3. The number of nitrogens with one attached hydrogen (secondary N) is 2. The van der Waals surface area contributed by atoms with Crippen LogP contribution in [0.5, 0.6) is 0 Å². The minimum Gasteiger partial charge on any atom is -0.353 e. The van der Waals surface area contributed by atoms with E-state index in [1.807, 2.05) is 0 Å². The lowest BCUT2D eigenvalue weighted by atomic mass is 9.97. The Labute approximate surface area is 150 Å². The van der Waals surface area contributed by atoms with Gasteiger partial charge in [-0.15, -0.1) is 5.10 Å². The second-order valence-corrected chi connectivity index (χ2v) is 6.85. The molecule has 1 aliphatic rings. The summed E-state index contributed by atoms with van der Waals surface area (Å²) < 4.78 is 0. The summed E-state index contributed by atoms with van der Waals surface area (Å²) in [5.41, 5.74) is 3.88. The van der Waals surface area contributed by atoms with Crippen LogP contribution in [0.25, 0.3) is 0 Å². The van der Waals surface area contributed by atoms with Gasteiger partial charge in [-0.05, 0) is 55.7 Å². The average molecular weight is 337 g/mol. The van der Waals surface area contributed by atoms with Crippen LogP contribution in [0.4, 0.5) is 17.5 Å². The van der Waals surface area contributed by atoms with Crippen LogP contribution in [-0.2, 0) is 0 Å². The zero-order chi connectivity index (χ0) is 17.5. The largest absolute Gasteiger partial charge is 0.353 e. The summed E-state index contributed by atoms with van der Waals surface area (Å²) in [5.74, 6) is 1.80. The molecule has 0 radical (unpaired) electrons. The van der Waals surface area contributed by atoms with Gasteiger partial charge in [-0.25, -0.2) is 0 Å². The zero-order valence-electron chi connectivity index (χ0n) is 15.1. The van der Waals surface area contributed by atoms with Gasteiger partial charge in [0.2, 0.25) is 5.95 Å². The van der Waals surface area contributed by atoms with Crippen LogP contribution in [0.1, 0.15) is 57.4 Å². The summed E-state index contributed by atoms with van der Waals surface area (Å²) in [6.07, 6.45) is 10.2. The monoisotopic (exact) mass is 337 g/mol. The van der Waals surface area contributed by atoms with Crippen LogP contribution < -0.4 is 10.6 Å². The van der Waals surface area contributed by atoms with Gasteiger partial charge in [-0.3, -0.25) is 0 Å². The second kappa shape index (κ2) is 8.60. The fourth-order valence-electron chi connectivity index (χ4n) is 3.00. The van der Waals surface area contributed by atoms with E-state index in [9.17, 15) is 0 Å². The van der Waals surface area contributed by atoms with Crippen molar-refractivity contribution >= 4 is 17.5 Å². The molecule has 0 unspecified atom stereocenters. The highest BCUT2D eigenvalue weighted by molar-refractivity contribution is 5.56. The molecule has 0 saturated carbocycles. The van der Waals surface area contributed by atoms with Gasteiger partial charge in [0.05, 0.1) is 6.20 Å². The van der Waals surface area contributed by atoms with E-state index < -0.39 is 0 Å². The van der Waals surface area contributed by atoms with Gasteiger partial charge in [-0.1, -0.05) is 37.6 Å². The summed E-state index contributed by atoms with van der Waals surface area (Å²) in [6.45, 7) is 5.23. The third-order valence-corrected chi connectivity index (χ3v) is 4.52. The van der Waals surface area contributed by atoms with Crippen molar-refractivity contribution in [3.8, 4) is 0 Å². The Bertz CT molecular complexity index is 706. The number of nitrogens with zero attached hydrogens (tertiary/aromatic N) is 3. The summed E-state index contributed by atoms with van der Waals surface area (Å²) in [6, 6.07) is 8.41. The molecule has 1 heterocycles. The van der Waals surface area contributed by atoms with Crippen LogP contribution in [0.3, 0.4) is 0 Å². The summed E-state index contributed by atoms with van der Waals surface area (Å²) >= 11 is 0. The number of hydrogen-bond donors (Lipinski definition) is 2. The van der Waals surface area contributed by atoms with Crippen LogP contribution in [0.2, 0.25) is 0 Å². The standard InChI is InChI=1S/C20H27N5/c1-15(2)17-8-10-18(11-9-17)23-19-14-22-25-20(24-19)21-13-12-16-6-4-3-5-7-16/h6,8-11,14-15H,3-5,7,12-13H2,1-2H3,(H2,21,23,24,25). The molecule has 1 aromatic heterocycles. The Morgan fingerprint density at radius 1 is 1.12 bits per heavy atom. The van der Waals surface area contributed by atoms with Crippen molar-refractivity contribution in [3.05, 3.63) is 47.7 Å². The number of hydrogen-bond acceptors (Lipinski definition) is 5. The Morgan fingerprint density at radius 2 is 1.96 bits per heavy atom. The van der Waals surface area contributed by atoms with Gasteiger partial charge in [-0.2, -0.15) is 10.1 Å². The van der Waals surface area contributed by atoms with Crippen LogP contribution in [0.15, 0.2) is 42.1 Å². The molecule has 0 saturated heterocycles. The minimum absolute atomic E-state index is 0.532. The molecule has 3 rings (SSSR count). The fourth-order valence-corrected chi connectivity index (χ4v) is 3.00. The molecule has 0 amide bonds. The Balaban J connectivity index is 1.54. The normalized spacial score (nSPS) is 14.3. The van der Waals surface area contributed by atoms with Crippen molar-refractivity contribution in [1.29, 1.82) is 0 Å². The number of anilines is 3. The molecule has 2 N–H and O–H groups in total. The summed E-state index contributed by atoms with van der Waals surface area (Å²) in [4.78, 5) is 4.49. The first kappa shape index (κ1) is 17.4. The number of benzene rings is 1. The van der Waals surface area contributed by atoms with Crippen LogP contribution in [-0.4, -0.2) is 21.7 Å². The van der Waals surface area contributed by atoms with E-state index >= 15 is 0 Å². The average Bonchev–Trinajstić information content (AvgIpc) is 2.63. The first-order valence-electron chi connectivity index (χ1n) is 9.19. The first-order chi connectivity index (χ1) is 12.2. The fraction of sp³-hybridized carbons (Fsp3) is 0.450. The van der Waals surface area contributed by atoms with Gasteiger partial charge in [0, 0.05) is 12.2 Å². The molecule has 0 fully saturated rings. The third-order valence-electron chi connectivity index (χ3n) is 4.52. The Kier molecular flexibility index (Phi) is 5.99. The minimum atomic E-state index is 0.532. The van der Waals surface area contributed by atoms with E-state index in [4.69, 9.17) is 0 Å². The maximum atomic E-state index is 4.49. The highest BCUT2D eigenvalue weighted by Crippen LogP contribution is 2.21. The zero-order valence-corrected chi connectivity index (χ0v) is 15.1. The van der Waals surface area contributed by atoms with Gasteiger partial charge in [0.1, 0.15) is 0 Å². The van der Waals surface area contributed by atoms with E-state index in [2.05, 4.69) is 70.0 Å². The van der Waals surface area contributed by atoms with E-state index in [-0.39, 0.29) is 0 Å². The molecule has 1 aliphatic carbocycles. The SMILES string of the molecule is CC(C)c1ccc(Nc2cnnc(NCCC3=CCCCC3)n2)cc1. The van der Waals surface area contributed by atoms with E-state index in [0.717, 1.165) is 18.7 Å². The Morgan fingerprint density at radius 3 is 2.68 bits per heavy atom. The van der Waals surface area contributed by atoms with E-state index in [1.54, 1.807) is 11.8 Å². The van der Waals surface area contributed by atoms with Crippen molar-refractivity contribution < 1.29 is 0 Å². The highest BCUT2D eigenvalue weighted by Gasteiger charge is 2.05. The smallest absolute Gasteiger partial charge is 0.244 e. The third kappa shape index (κ3) is 5.28. The second-order valence-electron chi connectivity index (χ2n) is 6.85. The molecule has 2 aromatic rings. The van der Waals surface area contributed by atoms with Crippen molar-refractivity contribution in [2.24, 2.45) is 0 Å². The van der Waals surface area contributed by atoms with Gasteiger partial charge < -0.3 is 10.6 Å². The predicted octanol–water partition coefficient (Wildman–Crippen LogP) is 5.04. The molecule has 5 heteroatoms. The molecular formula is C20H27N5. The van der Waals surface area contributed by atoms with Crippen LogP contribution >= 0.6 is 0 Å². The lowest BCUT2D eigenvalue weighted by molar-refractivity contribution is 0.679. The lowest BCUT2D eigenvalue weighted by Crippen LogP contribution is -2.09. The van der Waals surface area contributed by atoms with E-state index in [0.29, 0.717) is 17.7 Å². The number of allylic oxidation sites excluding steroid dienone is 1. The number of rotatable bonds is 7. The summed E-state index contributed by atoms with van der Waals surface area (Å²) in [5, 5.41) is 14.7. The maximum absolute atomic E-state index is 4.49.